The summed E-state index contributed by atoms with van der Waals surface area (Å²) in [4.78, 5) is 6.45. The van der Waals surface area contributed by atoms with Gasteiger partial charge >= 0.3 is 0 Å². The zero-order valence-corrected chi connectivity index (χ0v) is 10.7. The predicted molar refractivity (Wildman–Crippen MR) is 73.4 cm³/mol. The Morgan fingerprint density at radius 1 is 1.17 bits per heavy atom. The van der Waals surface area contributed by atoms with E-state index in [9.17, 15) is 5.11 Å². The standard InChI is InChI=1S/C15H18N2O/c1-12(18)14-8-9-15(16-10-14)17(2)11-13-6-4-3-5-7-13/h3-10,12,18H,11H2,1-2H3/t12-/m1/s1. The second-order valence-corrected chi connectivity index (χ2v) is 4.47. The number of rotatable bonds is 4. The van der Waals surface area contributed by atoms with Crippen LogP contribution < -0.4 is 4.90 Å². The Balaban J connectivity index is 2.07. The predicted octanol–water partition coefficient (Wildman–Crippen LogP) is 2.77. The monoisotopic (exact) mass is 242 g/mol. The highest BCUT2D eigenvalue weighted by atomic mass is 16.3. The summed E-state index contributed by atoms with van der Waals surface area (Å²) in [5, 5.41) is 9.43. The maximum absolute atomic E-state index is 9.43. The fourth-order valence-electron chi connectivity index (χ4n) is 1.81. The van der Waals surface area contributed by atoms with Gasteiger partial charge in [-0.1, -0.05) is 36.4 Å². The van der Waals surface area contributed by atoms with Gasteiger partial charge in [0.15, 0.2) is 0 Å². The van der Waals surface area contributed by atoms with Gasteiger partial charge in [0, 0.05) is 19.8 Å². The molecule has 0 saturated heterocycles. The van der Waals surface area contributed by atoms with Crippen LogP contribution in [0.2, 0.25) is 0 Å². The number of hydrogen-bond acceptors (Lipinski definition) is 3. The van der Waals surface area contributed by atoms with E-state index in [-0.39, 0.29) is 0 Å². The lowest BCUT2D eigenvalue weighted by atomic mass is 10.2. The van der Waals surface area contributed by atoms with Gasteiger partial charge in [-0.2, -0.15) is 0 Å². The lowest BCUT2D eigenvalue weighted by Gasteiger charge is -2.18. The Bertz CT molecular complexity index is 480. The zero-order valence-electron chi connectivity index (χ0n) is 10.7. The summed E-state index contributed by atoms with van der Waals surface area (Å²) in [6.07, 6.45) is 1.26. The molecule has 0 amide bonds. The summed E-state index contributed by atoms with van der Waals surface area (Å²) in [5.74, 6) is 0.906. The van der Waals surface area contributed by atoms with Crippen molar-refractivity contribution >= 4 is 5.82 Å². The second-order valence-electron chi connectivity index (χ2n) is 4.47. The van der Waals surface area contributed by atoms with Gasteiger partial charge in [0.2, 0.25) is 0 Å². The summed E-state index contributed by atoms with van der Waals surface area (Å²) < 4.78 is 0. The molecule has 0 aliphatic rings. The van der Waals surface area contributed by atoms with Crippen molar-refractivity contribution in [3.05, 3.63) is 59.8 Å². The topological polar surface area (TPSA) is 36.4 Å². The average Bonchev–Trinajstić information content (AvgIpc) is 2.40. The first-order valence-corrected chi connectivity index (χ1v) is 6.06. The van der Waals surface area contributed by atoms with Gasteiger partial charge in [-0.3, -0.25) is 0 Å². The van der Waals surface area contributed by atoms with Crippen LogP contribution in [0.1, 0.15) is 24.2 Å². The number of nitrogens with zero attached hydrogens (tertiary/aromatic N) is 2. The largest absolute Gasteiger partial charge is 0.389 e. The summed E-state index contributed by atoms with van der Waals surface area (Å²) in [6, 6.07) is 14.1. The van der Waals surface area contributed by atoms with E-state index in [1.54, 1.807) is 13.1 Å². The van der Waals surface area contributed by atoms with E-state index in [0.29, 0.717) is 0 Å². The van der Waals surface area contributed by atoms with E-state index in [2.05, 4.69) is 22.0 Å². The van der Waals surface area contributed by atoms with Crippen LogP contribution in [0, 0.1) is 0 Å². The molecule has 0 unspecified atom stereocenters. The van der Waals surface area contributed by atoms with Gasteiger partial charge < -0.3 is 10.0 Å². The second kappa shape index (κ2) is 5.65. The Hall–Kier alpha value is -1.87. The Morgan fingerprint density at radius 3 is 2.44 bits per heavy atom. The molecule has 0 bridgehead atoms. The van der Waals surface area contributed by atoms with Crippen molar-refractivity contribution in [2.24, 2.45) is 0 Å². The van der Waals surface area contributed by atoms with Crippen LogP contribution >= 0.6 is 0 Å². The lowest BCUT2D eigenvalue weighted by Crippen LogP contribution is -2.17. The molecule has 2 aromatic rings. The van der Waals surface area contributed by atoms with Crippen LogP contribution in [0.3, 0.4) is 0 Å². The number of aliphatic hydroxyl groups excluding tert-OH is 1. The minimum absolute atomic E-state index is 0.467. The number of hydrogen-bond donors (Lipinski definition) is 1. The molecule has 1 heterocycles. The van der Waals surface area contributed by atoms with E-state index in [1.807, 2.05) is 37.4 Å². The SMILES string of the molecule is C[C@@H](O)c1ccc(N(C)Cc2ccccc2)nc1. The van der Waals surface area contributed by atoms with Crippen molar-refractivity contribution in [2.75, 3.05) is 11.9 Å². The van der Waals surface area contributed by atoms with Crippen LogP contribution in [0.5, 0.6) is 0 Å². The van der Waals surface area contributed by atoms with Gasteiger partial charge in [0.25, 0.3) is 0 Å². The van der Waals surface area contributed by atoms with Crippen molar-refractivity contribution in [1.29, 1.82) is 0 Å². The first kappa shape index (κ1) is 12.6. The molecule has 3 nitrogen and oxygen atoms in total. The van der Waals surface area contributed by atoms with E-state index in [0.717, 1.165) is 17.9 Å². The number of benzene rings is 1. The highest BCUT2D eigenvalue weighted by Gasteiger charge is 2.05. The highest BCUT2D eigenvalue weighted by Crippen LogP contribution is 2.16. The number of anilines is 1. The maximum Gasteiger partial charge on any atom is 0.128 e. The van der Waals surface area contributed by atoms with Crippen molar-refractivity contribution in [3.63, 3.8) is 0 Å². The molecule has 0 aliphatic heterocycles. The summed E-state index contributed by atoms with van der Waals surface area (Å²) >= 11 is 0. The third kappa shape index (κ3) is 3.08. The van der Waals surface area contributed by atoms with E-state index >= 15 is 0 Å². The normalized spacial score (nSPS) is 12.2. The average molecular weight is 242 g/mol. The zero-order chi connectivity index (χ0) is 13.0. The summed E-state index contributed by atoms with van der Waals surface area (Å²) in [5.41, 5.74) is 2.09. The van der Waals surface area contributed by atoms with Crippen molar-refractivity contribution in [2.45, 2.75) is 19.6 Å². The van der Waals surface area contributed by atoms with Gasteiger partial charge in [0.05, 0.1) is 6.10 Å². The fourth-order valence-corrected chi connectivity index (χ4v) is 1.81. The quantitative estimate of drug-likeness (QED) is 0.895. The Labute approximate surface area is 108 Å². The van der Waals surface area contributed by atoms with Gasteiger partial charge in [-0.25, -0.2) is 4.98 Å². The molecule has 0 radical (unpaired) electrons. The molecule has 1 aromatic carbocycles. The summed E-state index contributed by atoms with van der Waals surface area (Å²) in [6.45, 7) is 2.56. The molecule has 0 aliphatic carbocycles. The van der Waals surface area contributed by atoms with Crippen LogP contribution in [0.15, 0.2) is 48.7 Å². The first-order chi connectivity index (χ1) is 8.66. The minimum Gasteiger partial charge on any atom is -0.389 e. The van der Waals surface area contributed by atoms with Crippen molar-refractivity contribution in [3.8, 4) is 0 Å². The molecule has 1 aromatic heterocycles. The van der Waals surface area contributed by atoms with Crippen LogP contribution in [-0.2, 0) is 6.54 Å². The van der Waals surface area contributed by atoms with Crippen LogP contribution in [0.25, 0.3) is 0 Å². The smallest absolute Gasteiger partial charge is 0.128 e. The van der Waals surface area contributed by atoms with Gasteiger partial charge in [-0.15, -0.1) is 0 Å². The van der Waals surface area contributed by atoms with Crippen molar-refractivity contribution in [1.82, 2.24) is 4.98 Å². The lowest BCUT2D eigenvalue weighted by molar-refractivity contribution is 0.199. The highest BCUT2D eigenvalue weighted by molar-refractivity contribution is 5.39. The Morgan fingerprint density at radius 2 is 1.89 bits per heavy atom. The molecular formula is C15H18N2O. The minimum atomic E-state index is -0.467. The van der Waals surface area contributed by atoms with Gasteiger partial charge in [0.1, 0.15) is 5.82 Å². The third-order valence-corrected chi connectivity index (χ3v) is 2.91. The first-order valence-electron chi connectivity index (χ1n) is 6.06. The molecule has 1 atom stereocenters. The molecule has 0 spiro atoms. The summed E-state index contributed by atoms with van der Waals surface area (Å²) in [7, 11) is 2.01. The molecule has 0 fully saturated rings. The number of pyridine rings is 1. The Kier molecular flexibility index (Phi) is 3.95. The molecular weight excluding hydrogens is 224 g/mol. The van der Waals surface area contributed by atoms with Crippen molar-refractivity contribution < 1.29 is 5.11 Å². The van der Waals surface area contributed by atoms with Crippen LogP contribution in [0.4, 0.5) is 5.82 Å². The fraction of sp³-hybridized carbons (Fsp3) is 0.267. The molecule has 2 rings (SSSR count). The molecule has 0 saturated carbocycles. The molecule has 3 heteroatoms. The molecule has 94 valence electrons. The van der Waals surface area contributed by atoms with E-state index in [1.165, 1.54) is 5.56 Å². The van der Waals surface area contributed by atoms with Crippen LogP contribution in [-0.4, -0.2) is 17.1 Å². The van der Waals surface area contributed by atoms with E-state index in [4.69, 9.17) is 0 Å². The van der Waals surface area contributed by atoms with E-state index < -0.39 is 6.10 Å². The molecule has 18 heavy (non-hydrogen) atoms. The maximum atomic E-state index is 9.43. The van der Waals surface area contributed by atoms with Gasteiger partial charge in [-0.05, 0) is 24.1 Å². The molecule has 1 N–H and O–H groups in total. The number of aliphatic hydroxyl groups is 1. The number of aromatic nitrogens is 1. The third-order valence-electron chi connectivity index (χ3n) is 2.91.